The van der Waals surface area contributed by atoms with Crippen LogP contribution >= 0.6 is 23.2 Å². The molecule has 1 fully saturated rings. The number of amides is 2. The van der Waals surface area contributed by atoms with Gasteiger partial charge in [0.1, 0.15) is 0 Å². The number of Topliss-reactive ketones (excluding diaryl/α,β-unsaturated/α-hetero) is 1. The average molecular weight is 496 g/mol. The number of piperazine rings is 1. The van der Waals surface area contributed by atoms with Gasteiger partial charge in [-0.2, -0.15) is 0 Å². The van der Waals surface area contributed by atoms with Crippen LogP contribution in [0.1, 0.15) is 38.0 Å². The maximum absolute atomic E-state index is 12.9. The van der Waals surface area contributed by atoms with E-state index in [1.165, 1.54) is 12.1 Å². The monoisotopic (exact) mass is 495 g/mol. The molecule has 1 aliphatic rings. The van der Waals surface area contributed by atoms with E-state index < -0.39 is 0 Å². The Morgan fingerprint density at radius 1 is 0.735 bits per heavy atom. The second-order valence-corrected chi connectivity index (χ2v) is 8.94. The summed E-state index contributed by atoms with van der Waals surface area (Å²) in [6.45, 7) is 4.17. The molecule has 0 atom stereocenters. The molecular weight excluding hydrogens is 473 g/mol. The molecule has 1 aliphatic heterocycles. The Morgan fingerprint density at radius 2 is 1.29 bits per heavy atom. The summed E-state index contributed by atoms with van der Waals surface area (Å²) < 4.78 is 0. The average Bonchev–Trinajstić information content (AvgIpc) is 2.83. The van der Waals surface area contributed by atoms with Crippen molar-refractivity contribution in [3.63, 3.8) is 0 Å². The van der Waals surface area contributed by atoms with Crippen molar-refractivity contribution in [2.75, 3.05) is 36.4 Å². The lowest BCUT2D eigenvalue weighted by molar-refractivity contribution is 0.0746. The zero-order chi connectivity index (χ0) is 24.2. The molecule has 0 aromatic heterocycles. The Bertz CT molecular complexity index is 1200. The third-order valence-corrected chi connectivity index (χ3v) is 6.16. The van der Waals surface area contributed by atoms with Gasteiger partial charge in [0, 0.05) is 64.3 Å². The normalized spacial score (nSPS) is 13.5. The fourth-order valence-corrected chi connectivity index (χ4v) is 4.37. The summed E-state index contributed by atoms with van der Waals surface area (Å²) >= 11 is 11.9. The van der Waals surface area contributed by atoms with Crippen LogP contribution < -0.4 is 10.2 Å². The molecule has 0 saturated carbocycles. The Labute approximate surface area is 208 Å². The Hall–Kier alpha value is -3.35. The summed E-state index contributed by atoms with van der Waals surface area (Å²) in [6.07, 6.45) is 0. The number of hydrogen-bond donors (Lipinski definition) is 1. The molecule has 3 aromatic rings. The Kier molecular flexibility index (Phi) is 7.20. The first-order valence-corrected chi connectivity index (χ1v) is 11.6. The number of carbonyl (C=O) groups is 3. The minimum atomic E-state index is -0.337. The number of halogens is 2. The van der Waals surface area contributed by atoms with Crippen LogP contribution in [0.2, 0.25) is 10.0 Å². The van der Waals surface area contributed by atoms with E-state index in [0.717, 1.165) is 5.69 Å². The quantitative estimate of drug-likeness (QED) is 0.480. The molecule has 1 N–H and O–H groups in total. The van der Waals surface area contributed by atoms with Crippen molar-refractivity contribution in [2.24, 2.45) is 0 Å². The number of rotatable bonds is 5. The van der Waals surface area contributed by atoms with E-state index in [1.54, 1.807) is 37.3 Å². The topological polar surface area (TPSA) is 69.7 Å². The second kappa shape index (κ2) is 10.3. The molecule has 0 spiro atoms. The zero-order valence-electron chi connectivity index (χ0n) is 18.6. The van der Waals surface area contributed by atoms with E-state index in [2.05, 4.69) is 10.2 Å². The number of nitrogens with zero attached hydrogens (tertiary/aromatic N) is 2. The molecule has 3 aromatic carbocycles. The van der Waals surface area contributed by atoms with Crippen molar-refractivity contribution in [3.8, 4) is 0 Å². The van der Waals surface area contributed by atoms with E-state index in [-0.39, 0.29) is 17.6 Å². The highest BCUT2D eigenvalue weighted by Crippen LogP contribution is 2.21. The van der Waals surface area contributed by atoms with Gasteiger partial charge in [0.05, 0.1) is 0 Å². The fourth-order valence-electron chi connectivity index (χ4n) is 3.84. The third-order valence-electron chi connectivity index (χ3n) is 5.72. The number of ketones is 1. The number of hydrogen-bond acceptors (Lipinski definition) is 4. The van der Waals surface area contributed by atoms with Gasteiger partial charge in [0.15, 0.2) is 5.78 Å². The first-order chi connectivity index (χ1) is 16.3. The van der Waals surface area contributed by atoms with E-state index >= 15 is 0 Å². The number of nitrogens with one attached hydrogen (secondary N) is 1. The lowest BCUT2D eigenvalue weighted by atomic mass is 10.1. The predicted octanol–water partition coefficient (Wildman–Crippen LogP) is 5.41. The van der Waals surface area contributed by atoms with Crippen molar-refractivity contribution >= 4 is 52.2 Å². The third kappa shape index (κ3) is 5.58. The summed E-state index contributed by atoms with van der Waals surface area (Å²) in [5, 5.41) is 3.55. The largest absolute Gasteiger partial charge is 0.368 e. The van der Waals surface area contributed by atoms with Gasteiger partial charge in [0.25, 0.3) is 11.8 Å². The van der Waals surface area contributed by atoms with Crippen molar-refractivity contribution < 1.29 is 14.4 Å². The van der Waals surface area contributed by atoms with Crippen molar-refractivity contribution in [2.45, 2.75) is 6.92 Å². The lowest BCUT2D eigenvalue weighted by Gasteiger charge is -2.36. The highest BCUT2D eigenvalue weighted by Gasteiger charge is 2.22. The molecule has 2 amide bonds. The zero-order valence-corrected chi connectivity index (χ0v) is 20.1. The lowest BCUT2D eigenvalue weighted by Crippen LogP contribution is -2.48. The SMILES string of the molecule is CC(=O)c1ccc(N2CCN(C(=O)c3ccc(NC(=O)c4cc(Cl)cc(Cl)c4)cc3)CC2)cc1. The van der Waals surface area contributed by atoms with Crippen LogP contribution in [0.15, 0.2) is 66.7 Å². The summed E-state index contributed by atoms with van der Waals surface area (Å²) in [5.74, 6) is -0.344. The van der Waals surface area contributed by atoms with Crippen LogP contribution in [-0.2, 0) is 0 Å². The molecule has 0 bridgehead atoms. The second-order valence-electron chi connectivity index (χ2n) is 8.07. The van der Waals surface area contributed by atoms with E-state index in [4.69, 9.17) is 23.2 Å². The summed E-state index contributed by atoms with van der Waals surface area (Å²) in [7, 11) is 0. The molecule has 0 radical (unpaired) electrons. The van der Waals surface area contributed by atoms with Crippen LogP contribution in [0, 0.1) is 0 Å². The van der Waals surface area contributed by atoms with Gasteiger partial charge >= 0.3 is 0 Å². The first kappa shape index (κ1) is 23.8. The van der Waals surface area contributed by atoms with Gasteiger partial charge in [-0.05, 0) is 73.7 Å². The number of benzene rings is 3. The van der Waals surface area contributed by atoms with E-state index in [9.17, 15) is 14.4 Å². The van der Waals surface area contributed by atoms with Gasteiger partial charge in [0.2, 0.25) is 0 Å². The van der Waals surface area contributed by atoms with Gasteiger partial charge < -0.3 is 15.1 Å². The minimum Gasteiger partial charge on any atom is -0.368 e. The molecular formula is C26H23Cl2N3O3. The van der Waals surface area contributed by atoms with Crippen LogP contribution in [0.5, 0.6) is 0 Å². The maximum Gasteiger partial charge on any atom is 0.255 e. The molecule has 4 rings (SSSR count). The van der Waals surface area contributed by atoms with Gasteiger partial charge in [-0.1, -0.05) is 23.2 Å². The first-order valence-electron chi connectivity index (χ1n) is 10.8. The van der Waals surface area contributed by atoms with Gasteiger partial charge in [-0.15, -0.1) is 0 Å². The number of carbonyl (C=O) groups excluding carboxylic acids is 3. The standard InChI is InChI=1S/C26H23Cl2N3O3/c1-17(32)18-4-8-24(9-5-18)30-10-12-31(13-11-30)26(34)19-2-6-23(7-3-19)29-25(33)20-14-21(27)16-22(28)15-20/h2-9,14-16H,10-13H2,1H3,(H,29,33). The molecule has 0 unspecified atom stereocenters. The van der Waals surface area contributed by atoms with Gasteiger partial charge in [-0.3, -0.25) is 14.4 Å². The fraction of sp³-hybridized carbons (Fsp3) is 0.192. The van der Waals surface area contributed by atoms with E-state index in [0.29, 0.717) is 58.6 Å². The molecule has 174 valence electrons. The molecule has 1 saturated heterocycles. The van der Waals surface area contributed by atoms with Crippen LogP contribution in [0.25, 0.3) is 0 Å². The maximum atomic E-state index is 12.9. The van der Waals surface area contributed by atoms with Crippen LogP contribution in [-0.4, -0.2) is 48.7 Å². The predicted molar refractivity (Wildman–Crippen MR) is 135 cm³/mol. The van der Waals surface area contributed by atoms with Crippen molar-refractivity contribution in [3.05, 3.63) is 93.5 Å². The molecule has 8 heteroatoms. The van der Waals surface area contributed by atoms with E-state index in [1.807, 2.05) is 29.2 Å². The highest BCUT2D eigenvalue weighted by molar-refractivity contribution is 6.35. The Balaban J connectivity index is 1.34. The van der Waals surface area contributed by atoms with Crippen LogP contribution in [0.3, 0.4) is 0 Å². The van der Waals surface area contributed by atoms with Crippen LogP contribution in [0.4, 0.5) is 11.4 Å². The summed E-state index contributed by atoms with van der Waals surface area (Å²) in [6, 6.07) is 19.0. The van der Waals surface area contributed by atoms with Crippen molar-refractivity contribution in [1.29, 1.82) is 0 Å². The molecule has 1 heterocycles. The smallest absolute Gasteiger partial charge is 0.255 e. The molecule has 34 heavy (non-hydrogen) atoms. The van der Waals surface area contributed by atoms with Crippen molar-refractivity contribution in [1.82, 2.24) is 4.90 Å². The molecule has 0 aliphatic carbocycles. The number of anilines is 2. The highest BCUT2D eigenvalue weighted by atomic mass is 35.5. The Morgan fingerprint density at radius 3 is 1.85 bits per heavy atom. The summed E-state index contributed by atoms with van der Waals surface area (Å²) in [4.78, 5) is 40.9. The summed E-state index contributed by atoms with van der Waals surface area (Å²) in [5.41, 5.74) is 3.21. The van der Waals surface area contributed by atoms with Gasteiger partial charge in [-0.25, -0.2) is 0 Å². The minimum absolute atomic E-state index is 0.0430. The molecule has 6 nitrogen and oxygen atoms in total.